The monoisotopic (exact) mass is 340 g/mol. The zero-order valence-corrected chi connectivity index (χ0v) is 13.7. The van der Waals surface area contributed by atoms with Crippen LogP contribution in [-0.2, 0) is 6.54 Å². The van der Waals surface area contributed by atoms with E-state index in [1.807, 2.05) is 6.07 Å². The highest BCUT2D eigenvalue weighted by Gasteiger charge is 2.10. The lowest BCUT2D eigenvalue weighted by Crippen LogP contribution is -2.21. The summed E-state index contributed by atoms with van der Waals surface area (Å²) in [5.74, 6) is 0.127. The highest BCUT2D eigenvalue weighted by molar-refractivity contribution is 5.92. The van der Waals surface area contributed by atoms with Gasteiger partial charge in [0.25, 0.3) is 5.56 Å². The molecular weight excluding hydrogens is 324 g/mol. The molecule has 0 bridgehead atoms. The molecule has 0 aliphatic heterocycles. The van der Waals surface area contributed by atoms with Gasteiger partial charge in [-0.05, 0) is 35.9 Å². The van der Waals surface area contributed by atoms with E-state index in [2.05, 4.69) is 4.98 Å². The Hall–Kier alpha value is -3.35. The average Bonchev–Trinajstić information content (AvgIpc) is 2.63. The number of methoxy groups -OCH3 is 2. The minimum absolute atomic E-state index is 0.0945. The fraction of sp³-hybridized carbons (Fsp3) is 0.167. The number of carboxylic acids is 1. The number of aromatic nitrogens is 2. The second-order valence-corrected chi connectivity index (χ2v) is 5.40. The summed E-state index contributed by atoms with van der Waals surface area (Å²) in [5.41, 5.74) is 1.06. The maximum Gasteiger partial charge on any atom is 0.335 e. The number of fused-ring (bicyclic) bond motifs is 1. The summed E-state index contributed by atoms with van der Waals surface area (Å²) in [7, 11) is 3.10. The van der Waals surface area contributed by atoms with Crippen LogP contribution in [0, 0.1) is 0 Å². The van der Waals surface area contributed by atoms with Gasteiger partial charge in [0, 0.05) is 0 Å². The van der Waals surface area contributed by atoms with Gasteiger partial charge in [-0.15, -0.1) is 0 Å². The summed E-state index contributed by atoms with van der Waals surface area (Å²) in [4.78, 5) is 27.8. The molecule has 0 amide bonds. The Bertz CT molecular complexity index is 1010. The maximum atomic E-state index is 12.6. The molecule has 0 fully saturated rings. The van der Waals surface area contributed by atoms with Gasteiger partial charge in [0.15, 0.2) is 11.5 Å². The van der Waals surface area contributed by atoms with Crippen LogP contribution in [0.1, 0.15) is 15.9 Å². The van der Waals surface area contributed by atoms with Crippen LogP contribution in [0.3, 0.4) is 0 Å². The number of benzene rings is 2. The van der Waals surface area contributed by atoms with Crippen LogP contribution in [0.15, 0.2) is 47.5 Å². The van der Waals surface area contributed by atoms with Gasteiger partial charge in [-0.1, -0.05) is 6.07 Å². The third kappa shape index (κ3) is 3.16. The molecule has 0 saturated heterocycles. The third-order valence-electron chi connectivity index (χ3n) is 3.87. The van der Waals surface area contributed by atoms with Crippen molar-refractivity contribution in [2.75, 3.05) is 14.2 Å². The van der Waals surface area contributed by atoms with Crippen LogP contribution in [-0.4, -0.2) is 34.8 Å². The van der Waals surface area contributed by atoms with Crippen molar-refractivity contribution in [1.29, 1.82) is 0 Å². The van der Waals surface area contributed by atoms with E-state index in [4.69, 9.17) is 14.6 Å². The number of carboxylic acid groups (broad SMARTS) is 1. The number of hydrogen-bond donors (Lipinski definition) is 1. The fourth-order valence-corrected chi connectivity index (χ4v) is 2.58. The molecule has 7 nitrogen and oxygen atoms in total. The van der Waals surface area contributed by atoms with Crippen LogP contribution in [0.25, 0.3) is 10.9 Å². The first kappa shape index (κ1) is 16.5. The number of nitrogens with zero attached hydrogens (tertiary/aromatic N) is 2. The van der Waals surface area contributed by atoms with E-state index in [1.54, 1.807) is 26.4 Å². The lowest BCUT2D eigenvalue weighted by Gasteiger charge is -2.11. The number of aromatic carboxylic acids is 1. The Labute approximate surface area is 143 Å². The van der Waals surface area contributed by atoms with Crippen LogP contribution >= 0.6 is 0 Å². The van der Waals surface area contributed by atoms with Gasteiger partial charge >= 0.3 is 5.97 Å². The van der Waals surface area contributed by atoms with Crippen LogP contribution in [0.2, 0.25) is 0 Å². The Morgan fingerprint density at radius 2 is 1.88 bits per heavy atom. The standard InChI is InChI=1S/C18H16N2O5/c1-24-15-6-3-11(7-16(15)25-2)9-20-10-19-14-8-12(18(22)23)4-5-13(14)17(20)21/h3-8,10H,9H2,1-2H3,(H,22,23). The first-order valence-electron chi connectivity index (χ1n) is 7.47. The molecule has 1 N–H and O–H groups in total. The van der Waals surface area contributed by atoms with Crippen LogP contribution in [0.4, 0.5) is 0 Å². The predicted molar refractivity (Wildman–Crippen MR) is 91.6 cm³/mol. The molecule has 0 unspecified atom stereocenters. The molecule has 3 aromatic rings. The lowest BCUT2D eigenvalue weighted by atomic mass is 10.1. The van der Waals surface area contributed by atoms with Crippen molar-refractivity contribution in [2.24, 2.45) is 0 Å². The first-order valence-corrected chi connectivity index (χ1v) is 7.47. The van der Waals surface area contributed by atoms with Crippen molar-refractivity contribution in [3.05, 3.63) is 64.2 Å². The topological polar surface area (TPSA) is 90.7 Å². The Kier molecular flexibility index (Phi) is 4.38. The maximum absolute atomic E-state index is 12.6. The molecule has 0 saturated carbocycles. The molecule has 0 aliphatic rings. The molecule has 0 aliphatic carbocycles. The van der Waals surface area contributed by atoms with Crippen molar-refractivity contribution in [1.82, 2.24) is 9.55 Å². The number of rotatable bonds is 5. The van der Waals surface area contributed by atoms with Gasteiger partial charge in [-0.2, -0.15) is 0 Å². The molecule has 1 heterocycles. The Balaban J connectivity index is 1.99. The molecule has 128 valence electrons. The van der Waals surface area contributed by atoms with Gasteiger partial charge in [-0.25, -0.2) is 9.78 Å². The van der Waals surface area contributed by atoms with Crippen molar-refractivity contribution in [3.63, 3.8) is 0 Å². The van der Waals surface area contributed by atoms with Crippen LogP contribution in [0.5, 0.6) is 11.5 Å². The van der Waals surface area contributed by atoms with Gasteiger partial charge < -0.3 is 14.6 Å². The fourth-order valence-electron chi connectivity index (χ4n) is 2.58. The summed E-state index contributed by atoms with van der Waals surface area (Å²) in [6.07, 6.45) is 1.41. The van der Waals surface area contributed by atoms with E-state index in [0.717, 1.165) is 5.56 Å². The largest absolute Gasteiger partial charge is 0.493 e. The van der Waals surface area contributed by atoms with Gasteiger partial charge in [0.2, 0.25) is 0 Å². The molecule has 0 spiro atoms. The average molecular weight is 340 g/mol. The smallest absolute Gasteiger partial charge is 0.335 e. The summed E-state index contributed by atoms with van der Waals surface area (Å²) >= 11 is 0. The van der Waals surface area contributed by atoms with Crippen molar-refractivity contribution in [2.45, 2.75) is 6.54 Å². The molecule has 1 aromatic heterocycles. The SMILES string of the molecule is COc1ccc(Cn2cnc3cc(C(=O)O)ccc3c2=O)cc1OC. The normalized spacial score (nSPS) is 10.6. The molecule has 0 radical (unpaired) electrons. The molecule has 25 heavy (non-hydrogen) atoms. The highest BCUT2D eigenvalue weighted by atomic mass is 16.5. The number of carbonyl (C=O) groups is 1. The van der Waals surface area contributed by atoms with E-state index >= 15 is 0 Å². The summed E-state index contributed by atoms with van der Waals surface area (Å²) < 4.78 is 11.9. The summed E-state index contributed by atoms with van der Waals surface area (Å²) in [5, 5.41) is 9.39. The van der Waals surface area contributed by atoms with Crippen LogP contribution < -0.4 is 15.0 Å². The second-order valence-electron chi connectivity index (χ2n) is 5.40. The second kappa shape index (κ2) is 6.64. The zero-order chi connectivity index (χ0) is 18.0. The highest BCUT2D eigenvalue weighted by Crippen LogP contribution is 2.27. The first-order chi connectivity index (χ1) is 12.0. The van der Waals surface area contributed by atoms with E-state index in [9.17, 15) is 9.59 Å². The third-order valence-corrected chi connectivity index (χ3v) is 3.87. The van der Waals surface area contributed by atoms with Gasteiger partial charge in [-0.3, -0.25) is 9.36 Å². The van der Waals surface area contributed by atoms with Gasteiger partial charge in [0.1, 0.15) is 0 Å². The van der Waals surface area contributed by atoms with Crippen molar-refractivity contribution < 1.29 is 19.4 Å². The van der Waals surface area contributed by atoms with Crippen molar-refractivity contribution >= 4 is 16.9 Å². The summed E-state index contributed by atoms with van der Waals surface area (Å²) in [6, 6.07) is 9.68. The van der Waals surface area contributed by atoms with E-state index < -0.39 is 5.97 Å². The molecule has 2 aromatic carbocycles. The molecular formula is C18H16N2O5. The molecule has 0 atom stereocenters. The lowest BCUT2D eigenvalue weighted by molar-refractivity contribution is 0.0697. The van der Waals surface area contributed by atoms with E-state index in [1.165, 1.54) is 29.1 Å². The quantitative estimate of drug-likeness (QED) is 0.765. The van der Waals surface area contributed by atoms with Crippen molar-refractivity contribution in [3.8, 4) is 11.5 Å². The zero-order valence-electron chi connectivity index (χ0n) is 13.7. The molecule has 3 rings (SSSR count). The van der Waals surface area contributed by atoms with E-state index in [-0.39, 0.29) is 11.1 Å². The Morgan fingerprint density at radius 3 is 2.56 bits per heavy atom. The molecule has 7 heteroatoms. The Morgan fingerprint density at radius 1 is 1.12 bits per heavy atom. The summed E-state index contributed by atoms with van der Waals surface area (Å²) in [6.45, 7) is 0.308. The van der Waals surface area contributed by atoms with Gasteiger partial charge in [0.05, 0.1) is 43.6 Å². The van der Waals surface area contributed by atoms with E-state index in [0.29, 0.717) is 28.9 Å². The number of ether oxygens (including phenoxy) is 2. The predicted octanol–water partition coefficient (Wildman–Crippen LogP) is 2.16. The minimum atomic E-state index is -1.06. The minimum Gasteiger partial charge on any atom is -0.493 e. The number of hydrogen-bond acceptors (Lipinski definition) is 5.